The largest absolute Gasteiger partial charge is 0.462 e. The van der Waals surface area contributed by atoms with Crippen molar-refractivity contribution in [3.63, 3.8) is 0 Å². The smallest absolute Gasteiger partial charge is 0.306 e. The minimum absolute atomic E-state index is 0.0732. The third-order valence-corrected chi connectivity index (χ3v) is 13.6. The van der Waals surface area contributed by atoms with Crippen LogP contribution in [0.25, 0.3) is 0 Å². The summed E-state index contributed by atoms with van der Waals surface area (Å²) in [5, 5.41) is 23.9. The SMILES string of the molecule is CCCCCCCCC/C=C/C=C/CCCCCC(=O)OC(CCCCCCCCCCCCCCCCC)CC(=O)NC(CO)C(O)CCCCCCCCCCCCCCCCC. The maximum atomic E-state index is 13.3. The summed E-state index contributed by atoms with van der Waals surface area (Å²) in [6.07, 6.45) is 62.4. The highest BCUT2D eigenvalue weighted by Gasteiger charge is 2.24. The molecule has 6 heteroatoms. The first-order valence-electron chi connectivity index (χ1n) is 29.1. The van der Waals surface area contributed by atoms with Crippen molar-refractivity contribution in [3.05, 3.63) is 24.3 Å². The number of carbonyl (C=O) groups excluding carboxylic acids is 2. The molecule has 1 amide bonds. The molecule has 384 valence electrons. The van der Waals surface area contributed by atoms with Gasteiger partial charge in [-0.25, -0.2) is 0 Å². The van der Waals surface area contributed by atoms with Crippen LogP contribution >= 0.6 is 0 Å². The lowest BCUT2D eigenvalue weighted by molar-refractivity contribution is -0.151. The number of hydrogen-bond donors (Lipinski definition) is 3. The number of aliphatic hydroxyl groups excluding tert-OH is 2. The Morgan fingerprint density at radius 1 is 0.446 bits per heavy atom. The molecule has 6 nitrogen and oxygen atoms in total. The maximum absolute atomic E-state index is 13.3. The van der Waals surface area contributed by atoms with E-state index < -0.39 is 18.2 Å². The summed E-state index contributed by atoms with van der Waals surface area (Å²) in [5.74, 6) is -0.485. The number of amides is 1. The van der Waals surface area contributed by atoms with E-state index in [4.69, 9.17) is 4.74 Å². The topological polar surface area (TPSA) is 95.9 Å². The summed E-state index contributed by atoms with van der Waals surface area (Å²) in [4.78, 5) is 26.3. The Labute approximate surface area is 405 Å². The highest BCUT2D eigenvalue weighted by Crippen LogP contribution is 2.19. The van der Waals surface area contributed by atoms with Crippen molar-refractivity contribution in [2.75, 3.05) is 6.61 Å². The van der Waals surface area contributed by atoms with E-state index in [1.807, 2.05) is 0 Å². The molecule has 3 atom stereocenters. The average molecular weight is 917 g/mol. The molecular formula is C59H113NO5. The second-order valence-electron chi connectivity index (χ2n) is 20.1. The Balaban J connectivity index is 4.56. The van der Waals surface area contributed by atoms with Gasteiger partial charge in [-0.1, -0.05) is 276 Å². The third kappa shape index (κ3) is 48.6. The lowest BCUT2D eigenvalue weighted by atomic mass is 10.0. The molecular weight excluding hydrogens is 803 g/mol. The van der Waals surface area contributed by atoms with Crippen molar-refractivity contribution in [3.8, 4) is 0 Å². The molecule has 3 unspecified atom stereocenters. The van der Waals surface area contributed by atoms with Crippen LogP contribution in [0, 0.1) is 0 Å². The fraction of sp³-hybridized carbons (Fsp3) is 0.898. The molecule has 0 aliphatic carbocycles. The standard InChI is InChI=1S/C59H113NO5/c1-4-7-10-13-16-19-22-25-28-31-34-37-40-43-46-49-52-59(64)65-55(50-47-44-41-38-35-32-29-26-23-20-17-14-11-8-5-2)53-58(63)60-56(54-61)57(62)51-48-45-42-39-36-33-30-27-24-21-18-15-12-9-6-3/h28,31,34,37,55-57,61-62H,4-27,29-30,32-33,35-36,38-54H2,1-3H3,(H,60,63)/b31-28+,37-34+. The zero-order valence-corrected chi connectivity index (χ0v) is 43.9. The minimum Gasteiger partial charge on any atom is -0.462 e. The number of aliphatic hydroxyl groups is 2. The third-order valence-electron chi connectivity index (χ3n) is 13.6. The Hall–Kier alpha value is -1.66. The Morgan fingerprint density at radius 2 is 0.769 bits per heavy atom. The monoisotopic (exact) mass is 916 g/mol. The number of nitrogens with one attached hydrogen (secondary N) is 1. The molecule has 0 aromatic carbocycles. The van der Waals surface area contributed by atoms with E-state index in [1.165, 1.54) is 212 Å². The Kier molecular flexibility index (Phi) is 51.9. The molecule has 65 heavy (non-hydrogen) atoms. The number of rotatable bonds is 53. The van der Waals surface area contributed by atoms with Crippen molar-refractivity contribution in [2.24, 2.45) is 0 Å². The number of unbranched alkanes of at least 4 members (excludes halogenated alkanes) is 38. The molecule has 0 aromatic heterocycles. The molecule has 0 aliphatic rings. The lowest BCUT2D eigenvalue weighted by Crippen LogP contribution is -2.46. The van der Waals surface area contributed by atoms with E-state index in [2.05, 4.69) is 50.4 Å². The maximum Gasteiger partial charge on any atom is 0.306 e. The van der Waals surface area contributed by atoms with Crippen LogP contribution in [0.5, 0.6) is 0 Å². The molecule has 0 saturated carbocycles. The quantitative estimate of drug-likeness (QED) is 0.0321. The van der Waals surface area contributed by atoms with Gasteiger partial charge >= 0.3 is 5.97 Å². The predicted molar refractivity (Wildman–Crippen MR) is 283 cm³/mol. The molecule has 0 fully saturated rings. The number of hydrogen-bond acceptors (Lipinski definition) is 5. The average Bonchev–Trinajstić information content (AvgIpc) is 3.30. The Bertz CT molecular complexity index is 1030. The van der Waals surface area contributed by atoms with Gasteiger partial charge in [0, 0.05) is 6.42 Å². The molecule has 0 aliphatic heterocycles. The van der Waals surface area contributed by atoms with Crippen LogP contribution in [-0.2, 0) is 14.3 Å². The molecule has 0 aromatic rings. The van der Waals surface area contributed by atoms with Crippen LogP contribution in [0.15, 0.2) is 24.3 Å². The zero-order chi connectivity index (χ0) is 47.4. The summed E-state index contributed by atoms with van der Waals surface area (Å²) < 4.78 is 5.95. The van der Waals surface area contributed by atoms with Crippen LogP contribution < -0.4 is 5.32 Å². The number of allylic oxidation sites excluding steroid dienone is 4. The van der Waals surface area contributed by atoms with Gasteiger partial charge < -0.3 is 20.3 Å². The first-order valence-corrected chi connectivity index (χ1v) is 29.1. The van der Waals surface area contributed by atoms with Gasteiger partial charge in [0.2, 0.25) is 5.91 Å². The highest BCUT2D eigenvalue weighted by molar-refractivity contribution is 5.77. The van der Waals surface area contributed by atoms with Gasteiger partial charge in [-0.3, -0.25) is 9.59 Å². The zero-order valence-electron chi connectivity index (χ0n) is 43.9. The second kappa shape index (κ2) is 53.3. The van der Waals surface area contributed by atoms with E-state index in [-0.39, 0.29) is 24.9 Å². The molecule has 0 rings (SSSR count). The second-order valence-corrected chi connectivity index (χ2v) is 20.1. The molecule has 0 spiro atoms. The first kappa shape index (κ1) is 63.3. The lowest BCUT2D eigenvalue weighted by Gasteiger charge is -2.24. The minimum atomic E-state index is -0.789. The van der Waals surface area contributed by atoms with Crippen molar-refractivity contribution in [2.45, 2.75) is 334 Å². The molecule has 0 radical (unpaired) electrons. The van der Waals surface area contributed by atoms with E-state index in [1.54, 1.807) is 0 Å². The van der Waals surface area contributed by atoms with E-state index in [9.17, 15) is 19.8 Å². The number of ether oxygens (including phenoxy) is 1. The van der Waals surface area contributed by atoms with Crippen LogP contribution in [0.3, 0.4) is 0 Å². The Morgan fingerprint density at radius 3 is 1.14 bits per heavy atom. The van der Waals surface area contributed by atoms with Crippen molar-refractivity contribution in [1.29, 1.82) is 0 Å². The van der Waals surface area contributed by atoms with Gasteiger partial charge in [0.25, 0.3) is 0 Å². The number of esters is 1. The molecule has 0 bridgehead atoms. The summed E-state index contributed by atoms with van der Waals surface area (Å²) in [6, 6.07) is -0.703. The van der Waals surface area contributed by atoms with Crippen LogP contribution in [0.2, 0.25) is 0 Å². The summed E-state index contributed by atoms with van der Waals surface area (Å²) in [5.41, 5.74) is 0. The van der Waals surface area contributed by atoms with E-state index in [0.29, 0.717) is 19.3 Å². The fourth-order valence-electron chi connectivity index (χ4n) is 9.13. The van der Waals surface area contributed by atoms with Gasteiger partial charge in [-0.15, -0.1) is 0 Å². The summed E-state index contributed by atoms with van der Waals surface area (Å²) >= 11 is 0. The highest BCUT2D eigenvalue weighted by atomic mass is 16.5. The molecule has 0 heterocycles. The predicted octanol–water partition coefficient (Wildman–Crippen LogP) is 17.9. The number of carbonyl (C=O) groups is 2. The molecule has 3 N–H and O–H groups in total. The van der Waals surface area contributed by atoms with Crippen molar-refractivity contribution in [1.82, 2.24) is 5.32 Å². The van der Waals surface area contributed by atoms with E-state index in [0.717, 1.165) is 57.8 Å². The van der Waals surface area contributed by atoms with Crippen LogP contribution in [0.4, 0.5) is 0 Å². The van der Waals surface area contributed by atoms with Crippen LogP contribution in [-0.4, -0.2) is 46.9 Å². The normalized spacial score (nSPS) is 13.2. The summed E-state index contributed by atoms with van der Waals surface area (Å²) in [7, 11) is 0. The van der Waals surface area contributed by atoms with Gasteiger partial charge in [-0.05, 0) is 51.4 Å². The van der Waals surface area contributed by atoms with Gasteiger partial charge in [-0.2, -0.15) is 0 Å². The van der Waals surface area contributed by atoms with E-state index >= 15 is 0 Å². The van der Waals surface area contributed by atoms with Gasteiger partial charge in [0.15, 0.2) is 0 Å². The van der Waals surface area contributed by atoms with Crippen molar-refractivity contribution < 1.29 is 24.5 Å². The van der Waals surface area contributed by atoms with Crippen molar-refractivity contribution >= 4 is 11.9 Å². The van der Waals surface area contributed by atoms with Gasteiger partial charge in [0.05, 0.1) is 25.2 Å². The summed E-state index contributed by atoms with van der Waals surface area (Å²) in [6.45, 7) is 6.51. The van der Waals surface area contributed by atoms with Gasteiger partial charge in [0.1, 0.15) is 6.10 Å². The van der Waals surface area contributed by atoms with Crippen LogP contribution in [0.1, 0.15) is 316 Å². The first-order chi connectivity index (χ1) is 32.0. The fourth-order valence-corrected chi connectivity index (χ4v) is 9.13. The molecule has 0 saturated heterocycles.